The van der Waals surface area contributed by atoms with E-state index in [-0.39, 0.29) is 11.9 Å². The summed E-state index contributed by atoms with van der Waals surface area (Å²) in [5, 5.41) is 12.2. The smallest absolute Gasteiger partial charge is 0.237 e. The molecule has 0 aromatic heterocycles. The Labute approximate surface area is 120 Å². The zero-order valence-corrected chi connectivity index (χ0v) is 11.9. The Morgan fingerprint density at radius 2 is 2.05 bits per heavy atom. The summed E-state index contributed by atoms with van der Waals surface area (Å²) in [5.41, 5.74) is 1.03. The molecular weight excluding hydrogens is 250 g/mol. The number of likely N-dealkylation sites (tertiary alicyclic amines) is 1. The lowest BCUT2D eigenvalue weighted by Gasteiger charge is -2.29. The lowest BCUT2D eigenvalue weighted by Crippen LogP contribution is -2.45. The maximum atomic E-state index is 12.2. The van der Waals surface area contributed by atoms with Crippen LogP contribution in [0.3, 0.4) is 0 Å². The minimum Gasteiger partial charge on any atom is -0.352 e. The third kappa shape index (κ3) is 4.07. The number of benzene rings is 1. The highest BCUT2D eigenvalue weighted by molar-refractivity contribution is 5.81. The van der Waals surface area contributed by atoms with Crippen LogP contribution in [-0.4, -0.2) is 37.0 Å². The Morgan fingerprint density at radius 1 is 1.40 bits per heavy atom. The summed E-state index contributed by atoms with van der Waals surface area (Å²) in [6.45, 7) is 2.00. The molecule has 20 heavy (non-hydrogen) atoms. The summed E-state index contributed by atoms with van der Waals surface area (Å²) in [7, 11) is 2.09. The molecule has 4 heteroatoms. The monoisotopic (exact) mass is 271 g/mol. The zero-order valence-electron chi connectivity index (χ0n) is 11.9. The van der Waals surface area contributed by atoms with Crippen LogP contribution in [0, 0.1) is 17.2 Å². The SMILES string of the molecule is CN1CCC(NC(=O)C(C#N)Cc2ccccc2)CC1. The number of hydrogen-bond acceptors (Lipinski definition) is 3. The predicted octanol–water partition coefficient (Wildman–Crippen LogP) is 1.58. The van der Waals surface area contributed by atoms with Crippen molar-refractivity contribution in [3.05, 3.63) is 35.9 Å². The number of rotatable bonds is 4. The zero-order chi connectivity index (χ0) is 14.4. The molecule has 1 saturated heterocycles. The van der Waals surface area contributed by atoms with Gasteiger partial charge in [-0.1, -0.05) is 30.3 Å². The molecule has 4 nitrogen and oxygen atoms in total. The number of piperidine rings is 1. The van der Waals surface area contributed by atoms with Gasteiger partial charge in [-0.15, -0.1) is 0 Å². The third-order valence-corrected chi connectivity index (χ3v) is 3.82. The van der Waals surface area contributed by atoms with Crippen molar-refractivity contribution < 1.29 is 4.79 Å². The molecule has 0 bridgehead atoms. The molecule has 2 rings (SSSR count). The van der Waals surface area contributed by atoms with Crippen LogP contribution in [0.4, 0.5) is 0 Å². The highest BCUT2D eigenvalue weighted by Gasteiger charge is 2.23. The Morgan fingerprint density at radius 3 is 2.65 bits per heavy atom. The van der Waals surface area contributed by atoms with Gasteiger partial charge >= 0.3 is 0 Å². The van der Waals surface area contributed by atoms with Gasteiger partial charge in [0.05, 0.1) is 6.07 Å². The molecule has 1 aliphatic heterocycles. The average Bonchev–Trinajstić information content (AvgIpc) is 2.48. The number of nitriles is 1. The first-order valence-electron chi connectivity index (χ1n) is 7.11. The first kappa shape index (κ1) is 14.5. The van der Waals surface area contributed by atoms with Crippen LogP contribution in [-0.2, 0) is 11.2 Å². The summed E-state index contributed by atoms with van der Waals surface area (Å²) < 4.78 is 0. The van der Waals surface area contributed by atoms with Crippen LogP contribution >= 0.6 is 0 Å². The van der Waals surface area contributed by atoms with Crippen LogP contribution in [0.15, 0.2) is 30.3 Å². The normalized spacial score (nSPS) is 18.2. The summed E-state index contributed by atoms with van der Waals surface area (Å²) >= 11 is 0. The lowest BCUT2D eigenvalue weighted by atomic mass is 9.98. The molecule has 1 heterocycles. The van der Waals surface area contributed by atoms with E-state index < -0.39 is 5.92 Å². The second-order valence-corrected chi connectivity index (χ2v) is 5.46. The summed E-state index contributed by atoms with van der Waals surface area (Å²) in [6, 6.07) is 12.0. The van der Waals surface area contributed by atoms with Gasteiger partial charge in [-0.2, -0.15) is 5.26 Å². The number of carbonyl (C=O) groups is 1. The lowest BCUT2D eigenvalue weighted by molar-refractivity contribution is -0.124. The van der Waals surface area contributed by atoms with E-state index in [4.69, 9.17) is 0 Å². The van der Waals surface area contributed by atoms with Gasteiger partial charge in [-0.05, 0) is 45.0 Å². The molecule has 1 atom stereocenters. The molecule has 0 radical (unpaired) electrons. The Hall–Kier alpha value is -1.86. The highest BCUT2D eigenvalue weighted by atomic mass is 16.1. The highest BCUT2D eigenvalue weighted by Crippen LogP contribution is 2.12. The largest absolute Gasteiger partial charge is 0.352 e. The Balaban J connectivity index is 1.88. The van der Waals surface area contributed by atoms with Crippen molar-refractivity contribution in [2.24, 2.45) is 5.92 Å². The van der Waals surface area contributed by atoms with Gasteiger partial charge in [0.15, 0.2) is 0 Å². The van der Waals surface area contributed by atoms with Gasteiger partial charge in [0, 0.05) is 6.04 Å². The van der Waals surface area contributed by atoms with Gasteiger partial charge in [0.2, 0.25) is 5.91 Å². The van der Waals surface area contributed by atoms with Gasteiger partial charge in [0.25, 0.3) is 0 Å². The summed E-state index contributed by atoms with van der Waals surface area (Å²) in [4.78, 5) is 14.4. The van der Waals surface area contributed by atoms with Crippen molar-refractivity contribution in [2.75, 3.05) is 20.1 Å². The average molecular weight is 271 g/mol. The van der Waals surface area contributed by atoms with Crippen molar-refractivity contribution in [3.8, 4) is 6.07 Å². The van der Waals surface area contributed by atoms with Crippen molar-refractivity contribution in [1.29, 1.82) is 5.26 Å². The first-order chi connectivity index (χ1) is 9.69. The molecule has 0 spiro atoms. The molecule has 1 aromatic rings. The molecule has 1 aromatic carbocycles. The third-order valence-electron chi connectivity index (χ3n) is 3.82. The number of amides is 1. The molecule has 1 aliphatic rings. The molecule has 1 amide bonds. The van der Waals surface area contributed by atoms with Gasteiger partial charge < -0.3 is 10.2 Å². The fourth-order valence-electron chi connectivity index (χ4n) is 2.50. The maximum absolute atomic E-state index is 12.2. The molecule has 106 valence electrons. The van der Waals surface area contributed by atoms with Crippen LogP contribution in [0.25, 0.3) is 0 Å². The van der Waals surface area contributed by atoms with Gasteiger partial charge in [-0.25, -0.2) is 0 Å². The van der Waals surface area contributed by atoms with Crippen LogP contribution in [0.2, 0.25) is 0 Å². The number of hydrogen-bond donors (Lipinski definition) is 1. The van der Waals surface area contributed by atoms with E-state index in [1.54, 1.807) is 0 Å². The first-order valence-corrected chi connectivity index (χ1v) is 7.11. The fraction of sp³-hybridized carbons (Fsp3) is 0.500. The van der Waals surface area contributed by atoms with Crippen LogP contribution in [0.1, 0.15) is 18.4 Å². The second-order valence-electron chi connectivity index (χ2n) is 5.46. The number of nitrogens with one attached hydrogen (secondary N) is 1. The fourth-order valence-corrected chi connectivity index (χ4v) is 2.50. The minimum absolute atomic E-state index is 0.133. The maximum Gasteiger partial charge on any atom is 0.237 e. The minimum atomic E-state index is -0.600. The van der Waals surface area contributed by atoms with E-state index in [1.807, 2.05) is 30.3 Å². The van der Waals surface area contributed by atoms with E-state index in [1.165, 1.54) is 0 Å². The van der Waals surface area contributed by atoms with Crippen molar-refractivity contribution >= 4 is 5.91 Å². The van der Waals surface area contributed by atoms with E-state index in [0.717, 1.165) is 31.5 Å². The number of carbonyl (C=O) groups excluding carboxylic acids is 1. The van der Waals surface area contributed by atoms with Crippen LogP contribution < -0.4 is 5.32 Å². The topological polar surface area (TPSA) is 56.1 Å². The Kier molecular flexibility index (Phi) is 5.14. The van der Waals surface area contributed by atoms with Crippen molar-refractivity contribution in [3.63, 3.8) is 0 Å². The predicted molar refractivity (Wildman–Crippen MR) is 77.9 cm³/mol. The molecule has 1 unspecified atom stereocenters. The van der Waals surface area contributed by atoms with Crippen molar-refractivity contribution in [1.82, 2.24) is 10.2 Å². The van der Waals surface area contributed by atoms with Crippen molar-refractivity contribution in [2.45, 2.75) is 25.3 Å². The Bertz CT molecular complexity index is 472. The second kappa shape index (κ2) is 7.06. The van der Waals surface area contributed by atoms with Crippen LogP contribution in [0.5, 0.6) is 0 Å². The van der Waals surface area contributed by atoms with E-state index in [9.17, 15) is 10.1 Å². The molecule has 1 fully saturated rings. The molecule has 1 N–H and O–H groups in total. The molecular formula is C16H21N3O. The standard InChI is InChI=1S/C16H21N3O/c1-19-9-7-15(8-10-19)18-16(20)14(12-17)11-13-5-3-2-4-6-13/h2-6,14-15H,7-11H2,1H3,(H,18,20). The summed E-state index contributed by atoms with van der Waals surface area (Å²) in [5.74, 6) is -0.733. The van der Waals surface area contributed by atoms with Gasteiger partial charge in [-0.3, -0.25) is 4.79 Å². The van der Waals surface area contributed by atoms with E-state index >= 15 is 0 Å². The van der Waals surface area contributed by atoms with E-state index in [2.05, 4.69) is 23.3 Å². The van der Waals surface area contributed by atoms with Gasteiger partial charge in [0.1, 0.15) is 5.92 Å². The molecule has 0 saturated carbocycles. The molecule has 0 aliphatic carbocycles. The number of nitrogens with zero attached hydrogens (tertiary/aromatic N) is 2. The summed E-state index contributed by atoms with van der Waals surface area (Å²) in [6.07, 6.45) is 2.41. The van der Waals surface area contributed by atoms with E-state index in [0.29, 0.717) is 6.42 Å². The quantitative estimate of drug-likeness (QED) is 0.904.